The molecule has 2 aliphatic rings. The van der Waals surface area contributed by atoms with Gasteiger partial charge in [0.1, 0.15) is 11.4 Å². The van der Waals surface area contributed by atoms with Crippen molar-refractivity contribution >= 4 is 0 Å². The number of nitrogens with one attached hydrogen (secondary N) is 1. The Hall–Kier alpha value is -1.06. The molecule has 1 aromatic carbocycles. The van der Waals surface area contributed by atoms with Gasteiger partial charge >= 0.3 is 0 Å². The summed E-state index contributed by atoms with van der Waals surface area (Å²) in [6, 6.07) is 6.30. The number of ether oxygens (including phenoxy) is 2. The van der Waals surface area contributed by atoms with Crippen LogP contribution in [0.5, 0.6) is 5.75 Å². The summed E-state index contributed by atoms with van der Waals surface area (Å²) in [4.78, 5) is 0. The maximum absolute atomic E-state index is 6.14. The Bertz CT molecular complexity index is 397. The molecular formula is C13H17NO2. The third-order valence-corrected chi connectivity index (χ3v) is 3.39. The van der Waals surface area contributed by atoms with Crippen molar-refractivity contribution in [3.05, 3.63) is 29.3 Å². The standard InChI is InChI=1S/C13H17NO2/c1-13(5-6-15-9-13)16-12-4-2-3-10-7-14-8-11(10)12/h2-4,14H,5-9H2,1H3. The molecule has 0 amide bonds. The first kappa shape index (κ1) is 10.1. The van der Waals surface area contributed by atoms with E-state index in [0.29, 0.717) is 6.61 Å². The second-order valence-corrected chi connectivity index (χ2v) is 4.85. The summed E-state index contributed by atoms with van der Waals surface area (Å²) in [5.74, 6) is 1.02. The van der Waals surface area contributed by atoms with Gasteiger partial charge in [-0.1, -0.05) is 12.1 Å². The summed E-state index contributed by atoms with van der Waals surface area (Å²) in [7, 11) is 0. The van der Waals surface area contributed by atoms with Crippen molar-refractivity contribution in [1.82, 2.24) is 5.32 Å². The maximum atomic E-state index is 6.14. The van der Waals surface area contributed by atoms with Crippen LogP contribution in [0.2, 0.25) is 0 Å². The zero-order valence-corrected chi connectivity index (χ0v) is 9.58. The molecule has 1 atom stereocenters. The van der Waals surface area contributed by atoms with Crippen LogP contribution in [-0.4, -0.2) is 18.8 Å². The van der Waals surface area contributed by atoms with Crippen LogP contribution in [0.3, 0.4) is 0 Å². The van der Waals surface area contributed by atoms with Crippen LogP contribution in [0, 0.1) is 0 Å². The van der Waals surface area contributed by atoms with Crippen molar-refractivity contribution < 1.29 is 9.47 Å². The molecule has 0 aliphatic carbocycles. The Morgan fingerprint density at radius 1 is 1.38 bits per heavy atom. The summed E-state index contributed by atoms with van der Waals surface area (Å²) in [5.41, 5.74) is 2.54. The Kier molecular flexibility index (Phi) is 2.37. The molecule has 1 unspecified atom stereocenters. The lowest BCUT2D eigenvalue weighted by Gasteiger charge is -2.25. The van der Waals surface area contributed by atoms with E-state index < -0.39 is 0 Å². The number of fused-ring (bicyclic) bond motifs is 1. The van der Waals surface area contributed by atoms with Crippen LogP contribution in [0.1, 0.15) is 24.5 Å². The van der Waals surface area contributed by atoms with Crippen molar-refractivity contribution in [2.24, 2.45) is 0 Å². The van der Waals surface area contributed by atoms with E-state index in [2.05, 4.69) is 30.4 Å². The Balaban J connectivity index is 1.87. The van der Waals surface area contributed by atoms with Crippen molar-refractivity contribution in [2.45, 2.75) is 32.0 Å². The highest BCUT2D eigenvalue weighted by Crippen LogP contribution is 2.32. The number of benzene rings is 1. The molecular weight excluding hydrogens is 202 g/mol. The van der Waals surface area contributed by atoms with Gasteiger partial charge in [-0.3, -0.25) is 0 Å². The quantitative estimate of drug-likeness (QED) is 0.823. The lowest BCUT2D eigenvalue weighted by atomic mass is 10.1. The minimum absolute atomic E-state index is 0.141. The van der Waals surface area contributed by atoms with Crippen molar-refractivity contribution in [3.63, 3.8) is 0 Å². The largest absolute Gasteiger partial charge is 0.485 e. The molecule has 2 aliphatic heterocycles. The SMILES string of the molecule is CC1(Oc2cccc3c2CNC3)CCOC1. The van der Waals surface area contributed by atoms with Gasteiger partial charge in [-0.2, -0.15) is 0 Å². The molecule has 3 rings (SSSR count). The molecule has 1 N–H and O–H groups in total. The van der Waals surface area contributed by atoms with Gasteiger partial charge in [0.05, 0.1) is 13.2 Å². The number of hydrogen-bond donors (Lipinski definition) is 1. The molecule has 1 aromatic rings. The molecule has 16 heavy (non-hydrogen) atoms. The van der Waals surface area contributed by atoms with E-state index in [-0.39, 0.29) is 5.60 Å². The second-order valence-electron chi connectivity index (χ2n) is 4.85. The van der Waals surface area contributed by atoms with Gasteiger partial charge in [-0.05, 0) is 18.6 Å². The summed E-state index contributed by atoms with van der Waals surface area (Å²) in [6.07, 6.45) is 0.976. The summed E-state index contributed by atoms with van der Waals surface area (Å²) in [6.45, 7) is 5.51. The van der Waals surface area contributed by atoms with Crippen LogP contribution in [-0.2, 0) is 17.8 Å². The minimum Gasteiger partial charge on any atom is -0.485 e. The number of hydrogen-bond acceptors (Lipinski definition) is 3. The summed E-state index contributed by atoms with van der Waals surface area (Å²) < 4.78 is 11.6. The fourth-order valence-corrected chi connectivity index (χ4v) is 2.39. The second kappa shape index (κ2) is 3.75. The zero-order chi connectivity index (χ0) is 11.0. The molecule has 0 saturated carbocycles. The monoisotopic (exact) mass is 219 g/mol. The average Bonchev–Trinajstić information content (AvgIpc) is 2.87. The van der Waals surface area contributed by atoms with Gasteiger partial charge < -0.3 is 14.8 Å². The van der Waals surface area contributed by atoms with Crippen LogP contribution >= 0.6 is 0 Å². The van der Waals surface area contributed by atoms with Crippen molar-refractivity contribution in [3.8, 4) is 5.75 Å². The normalized spacial score (nSPS) is 28.1. The van der Waals surface area contributed by atoms with E-state index in [4.69, 9.17) is 9.47 Å². The Labute approximate surface area is 95.8 Å². The molecule has 2 heterocycles. The molecule has 86 valence electrons. The van der Waals surface area contributed by atoms with Gasteiger partial charge in [0.2, 0.25) is 0 Å². The first-order valence-electron chi connectivity index (χ1n) is 5.85. The molecule has 3 nitrogen and oxygen atoms in total. The zero-order valence-electron chi connectivity index (χ0n) is 9.58. The van der Waals surface area contributed by atoms with Gasteiger partial charge in [-0.15, -0.1) is 0 Å². The van der Waals surface area contributed by atoms with E-state index in [0.717, 1.165) is 31.9 Å². The fourth-order valence-electron chi connectivity index (χ4n) is 2.39. The predicted molar refractivity (Wildman–Crippen MR) is 61.5 cm³/mol. The highest BCUT2D eigenvalue weighted by molar-refractivity contribution is 5.42. The highest BCUT2D eigenvalue weighted by Gasteiger charge is 2.33. The molecule has 0 aromatic heterocycles. The Morgan fingerprint density at radius 3 is 3.12 bits per heavy atom. The number of rotatable bonds is 2. The molecule has 0 spiro atoms. The van der Waals surface area contributed by atoms with Gasteiger partial charge in [0.25, 0.3) is 0 Å². The van der Waals surface area contributed by atoms with Crippen LogP contribution < -0.4 is 10.1 Å². The van der Waals surface area contributed by atoms with Crippen molar-refractivity contribution in [2.75, 3.05) is 13.2 Å². The van der Waals surface area contributed by atoms with Gasteiger partial charge in [0, 0.05) is 25.1 Å². The first-order chi connectivity index (χ1) is 7.77. The Morgan fingerprint density at radius 2 is 2.31 bits per heavy atom. The fraction of sp³-hybridized carbons (Fsp3) is 0.538. The van der Waals surface area contributed by atoms with E-state index in [9.17, 15) is 0 Å². The predicted octanol–water partition coefficient (Wildman–Crippen LogP) is 1.85. The molecule has 3 heteroatoms. The van der Waals surface area contributed by atoms with Crippen LogP contribution in [0.4, 0.5) is 0 Å². The van der Waals surface area contributed by atoms with E-state index in [1.165, 1.54) is 11.1 Å². The van der Waals surface area contributed by atoms with Crippen LogP contribution in [0.25, 0.3) is 0 Å². The van der Waals surface area contributed by atoms with E-state index in [1.807, 2.05) is 0 Å². The van der Waals surface area contributed by atoms with Gasteiger partial charge in [0.15, 0.2) is 0 Å². The molecule has 1 saturated heterocycles. The maximum Gasteiger partial charge on any atom is 0.132 e. The summed E-state index contributed by atoms with van der Waals surface area (Å²) in [5, 5.41) is 3.35. The van der Waals surface area contributed by atoms with E-state index >= 15 is 0 Å². The third kappa shape index (κ3) is 1.70. The smallest absolute Gasteiger partial charge is 0.132 e. The third-order valence-electron chi connectivity index (χ3n) is 3.39. The molecule has 1 fully saturated rings. The lowest BCUT2D eigenvalue weighted by molar-refractivity contribution is 0.0655. The summed E-state index contributed by atoms with van der Waals surface area (Å²) >= 11 is 0. The lowest BCUT2D eigenvalue weighted by Crippen LogP contribution is -2.32. The first-order valence-corrected chi connectivity index (χ1v) is 5.85. The highest BCUT2D eigenvalue weighted by atomic mass is 16.6. The average molecular weight is 219 g/mol. The van der Waals surface area contributed by atoms with Crippen LogP contribution in [0.15, 0.2) is 18.2 Å². The molecule has 0 bridgehead atoms. The topological polar surface area (TPSA) is 30.5 Å². The van der Waals surface area contributed by atoms with E-state index in [1.54, 1.807) is 0 Å². The molecule has 0 radical (unpaired) electrons. The minimum atomic E-state index is -0.141. The van der Waals surface area contributed by atoms with Gasteiger partial charge in [-0.25, -0.2) is 0 Å². The van der Waals surface area contributed by atoms with Crippen molar-refractivity contribution in [1.29, 1.82) is 0 Å².